The van der Waals surface area contributed by atoms with Gasteiger partial charge in [-0.3, -0.25) is 14.7 Å². The van der Waals surface area contributed by atoms with Crippen LogP contribution < -0.4 is 21.4 Å². The second-order valence-corrected chi connectivity index (χ2v) is 10.5. The van der Waals surface area contributed by atoms with Gasteiger partial charge in [0.1, 0.15) is 5.84 Å². The van der Waals surface area contributed by atoms with Crippen LogP contribution in [0.3, 0.4) is 0 Å². The van der Waals surface area contributed by atoms with E-state index in [0.29, 0.717) is 34.1 Å². The van der Waals surface area contributed by atoms with Gasteiger partial charge >= 0.3 is 6.03 Å². The van der Waals surface area contributed by atoms with Crippen LogP contribution in [0.1, 0.15) is 34.0 Å². The highest BCUT2D eigenvalue weighted by Gasteiger charge is 2.30. The van der Waals surface area contributed by atoms with Crippen molar-refractivity contribution in [1.82, 2.24) is 5.32 Å². The van der Waals surface area contributed by atoms with E-state index in [2.05, 4.69) is 44.9 Å². The Morgan fingerprint density at radius 1 is 0.951 bits per heavy atom. The number of urea groups is 1. The quantitative estimate of drug-likeness (QED) is 0.0600. The number of anilines is 2. The molecule has 0 saturated carbocycles. The molecule has 1 aliphatic rings. The molecule has 1 atom stereocenters. The number of para-hydroxylation sites is 1. The lowest BCUT2D eigenvalue weighted by atomic mass is 10.0. The molecule has 0 radical (unpaired) electrons. The molecule has 4 aromatic rings. The number of hydrogen-bond acceptors (Lipinski definition) is 5. The summed E-state index contributed by atoms with van der Waals surface area (Å²) in [5.74, 6) is 5.99. The number of benzodiazepines with no additional fused rings is 1. The minimum Gasteiger partial charge on any atom is -0.322 e. The number of aliphatic imine (C=N–C) groups is 1. The highest BCUT2D eigenvalue weighted by atomic mass is 127. The van der Waals surface area contributed by atoms with Crippen LogP contribution in [0, 0.1) is 3.57 Å². The zero-order chi connectivity index (χ0) is 28.9. The van der Waals surface area contributed by atoms with Crippen molar-refractivity contribution in [3.05, 3.63) is 141 Å². The van der Waals surface area contributed by atoms with Crippen LogP contribution in [0.15, 0.2) is 125 Å². The van der Waals surface area contributed by atoms with E-state index in [-0.39, 0.29) is 5.78 Å². The van der Waals surface area contributed by atoms with E-state index in [1.165, 1.54) is 0 Å². The maximum atomic E-state index is 13.5. The van der Waals surface area contributed by atoms with Crippen LogP contribution in [0.25, 0.3) is 0 Å². The summed E-state index contributed by atoms with van der Waals surface area (Å²) in [6.07, 6.45) is -0.883. The van der Waals surface area contributed by atoms with Crippen LogP contribution in [0.5, 0.6) is 0 Å². The van der Waals surface area contributed by atoms with Crippen molar-refractivity contribution in [3.63, 3.8) is 0 Å². The molecule has 0 aromatic heterocycles. The van der Waals surface area contributed by atoms with Gasteiger partial charge in [0.15, 0.2) is 11.9 Å². The summed E-state index contributed by atoms with van der Waals surface area (Å²) in [5.41, 5.74) is 4.90. The Hall–Kier alpha value is -4.77. The summed E-state index contributed by atoms with van der Waals surface area (Å²) in [4.78, 5) is 33.6. The summed E-state index contributed by atoms with van der Waals surface area (Å²) >= 11 is 2.14. The van der Waals surface area contributed by atoms with Crippen LogP contribution in [-0.4, -0.2) is 29.5 Å². The van der Waals surface area contributed by atoms with Crippen LogP contribution in [0.4, 0.5) is 16.2 Å². The number of nitrogens with zero attached hydrogens (tertiary/aromatic N) is 3. The lowest BCUT2D eigenvalue weighted by Gasteiger charge is -2.28. The standard InChI is InChI=1S/C32H27IN6O2/c1-20-31(37-32(41)35-27-18-17-24(33)19-26(27)30(40)23-13-7-4-8-14-23)36-29(22-11-5-3-6-12-22)25-15-9-10-16-28(25)39(20)21(2)38-34/h3-19,31H,1,34H2,2H3,(H2,35,37,41)/b38-21-. The maximum Gasteiger partial charge on any atom is 0.321 e. The van der Waals surface area contributed by atoms with Crippen molar-refractivity contribution in [2.45, 2.75) is 13.1 Å². The molecule has 2 amide bonds. The highest BCUT2D eigenvalue weighted by Crippen LogP contribution is 2.32. The predicted octanol–water partition coefficient (Wildman–Crippen LogP) is 6.13. The zero-order valence-electron chi connectivity index (χ0n) is 22.2. The van der Waals surface area contributed by atoms with E-state index < -0.39 is 12.2 Å². The number of halogens is 1. The fourth-order valence-corrected chi connectivity index (χ4v) is 5.13. The fraction of sp³-hybridized carbons (Fsp3) is 0.0625. The number of amides is 2. The molecule has 204 valence electrons. The molecule has 0 bridgehead atoms. The monoisotopic (exact) mass is 654 g/mol. The molecule has 1 heterocycles. The van der Waals surface area contributed by atoms with Gasteiger partial charge in [-0.1, -0.05) is 85.4 Å². The van der Waals surface area contributed by atoms with Gasteiger partial charge < -0.3 is 16.5 Å². The third-order valence-corrected chi connectivity index (χ3v) is 7.27. The number of fused-ring (bicyclic) bond motifs is 1. The van der Waals surface area contributed by atoms with Gasteiger partial charge in [-0.2, -0.15) is 5.10 Å². The Morgan fingerprint density at radius 3 is 2.32 bits per heavy atom. The Morgan fingerprint density at radius 2 is 1.61 bits per heavy atom. The number of benzene rings is 4. The summed E-state index contributed by atoms with van der Waals surface area (Å²) in [5, 5.41) is 9.70. The average molecular weight is 655 g/mol. The number of hydrogen-bond donors (Lipinski definition) is 3. The molecule has 0 saturated heterocycles. The number of amidine groups is 1. The summed E-state index contributed by atoms with van der Waals surface area (Å²) < 4.78 is 0.868. The third-order valence-electron chi connectivity index (χ3n) is 6.60. The van der Waals surface area contributed by atoms with E-state index in [1.54, 1.807) is 48.2 Å². The summed E-state index contributed by atoms with van der Waals surface area (Å²) in [6.45, 7) is 6.04. The molecule has 41 heavy (non-hydrogen) atoms. The molecule has 1 unspecified atom stereocenters. The molecule has 4 aromatic carbocycles. The first-order valence-corrected chi connectivity index (χ1v) is 13.9. The van der Waals surface area contributed by atoms with Crippen molar-refractivity contribution >= 4 is 57.3 Å². The number of ketones is 1. The second-order valence-electron chi connectivity index (χ2n) is 9.25. The zero-order valence-corrected chi connectivity index (χ0v) is 24.4. The molecular weight excluding hydrogens is 627 g/mol. The van der Waals surface area contributed by atoms with Gasteiger partial charge in [0.05, 0.1) is 22.8 Å². The van der Waals surface area contributed by atoms with Gasteiger partial charge in [-0.05, 0) is 53.8 Å². The average Bonchev–Trinajstić information content (AvgIpc) is 3.12. The first-order chi connectivity index (χ1) is 19.9. The molecule has 1 aliphatic heterocycles. The van der Waals surface area contributed by atoms with Gasteiger partial charge in [0.25, 0.3) is 0 Å². The number of carbonyl (C=O) groups is 2. The molecule has 9 heteroatoms. The Kier molecular flexibility index (Phi) is 8.25. The third kappa shape index (κ3) is 5.90. The van der Waals surface area contributed by atoms with Gasteiger partial charge in [-0.15, -0.1) is 0 Å². The van der Waals surface area contributed by atoms with E-state index in [0.717, 1.165) is 20.4 Å². The maximum absolute atomic E-state index is 13.5. The molecule has 5 rings (SSSR count). The molecule has 0 fully saturated rings. The first-order valence-electron chi connectivity index (χ1n) is 12.8. The van der Waals surface area contributed by atoms with Crippen LogP contribution in [0.2, 0.25) is 0 Å². The van der Waals surface area contributed by atoms with Gasteiger partial charge in [-0.25, -0.2) is 4.79 Å². The number of hydrazone groups is 1. The SMILES string of the molecule is C=C1C(NC(=O)Nc2ccc(I)cc2C(=O)c2ccccc2)N=C(c2ccccc2)c2ccccc2N1/C(C)=N\N. The van der Waals surface area contributed by atoms with Crippen LogP contribution in [-0.2, 0) is 0 Å². The molecule has 0 spiro atoms. The Bertz CT molecular complexity index is 1690. The van der Waals surface area contributed by atoms with E-state index in [4.69, 9.17) is 10.8 Å². The molecule has 0 aliphatic carbocycles. The normalized spacial score (nSPS) is 14.9. The lowest BCUT2D eigenvalue weighted by molar-refractivity contribution is 0.103. The smallest absolute Gasteiger partial charge is 0.321 e. The Labute approximate surface area is 251 Å². The second kappa shape index (κ2) is 12.2. The molecular formula is C32H27IN6O2. The topological polar surface area (TPSA) is 112 Å². The fourth-order valence-electron chi connectivity index (χ4n) is 4.64. The lowest BCUT2D eigenvalue weighted by Crippen LogP contribution is -2.43. The van der Waals surface area contributed by atoms with Crippen molar-refractivity contribution in [2.24, 2.45) is 15.9 Å². The highest BCUT2D eigenvalue weighted by molar-refractivity contribution is 14.1. The van der Waals surface area contributed by atoms with E-state index in [1.807, 2.05) is 66.7 Å². The van der Waals surface area contributed by atoms with Crippen molar-refractivity contribution < 1.29 is 9.59 Å². The minimum absolute atomic E-state index is 0.195. The minimum atomic E-state index is -0.883. The largest absolute Gasteiger partial charge is 0.322 e. The van der Waals surface area contributed by atoms with E-state index >= 15 is 0 Å². The van der Waals surface area contributed by atoms with Gasteiger partial charge in [0, 0.05) is 25.8 Å². The molecule has 4 N–H and O–H groups in total. The predicted molar refractivity (Wildman–Crippen MR) is 172 cm³/mol. The van der Waals surface area contributed by atoms with Crippen molar-refractivity contribution in [1.29, 1.82) is 0 Å². The number of carbonyl (C=O) groups excluding carboxylic acids is 2. The number of nitrogens with one attached hydrogen (secondary N) is 2. The number of rotatable bonds is 5. The van der Waals surface area contributed by atoms with Crippen molar-refractivity contribution in [3.8, 4) is 0 Å². The van der Waals surface area contributed by atoms with Gasteiger partial charge in [0.2, 0.25) is 0 Å². The molecule has 8 nitrogen and oxygen atoms in total. The first kappa shape index (κ1) is 27.8. The van der Waals surface area contributed by atoms with Crippen LogP contribution >= 0.6 is 22.6 Å². The van der Waals surface area contributed by atoms with E-state index in [9.17, 15) is 9.59 Å². The van der Waals surface area contributed by atoms with Crippen molar-refractivity contribution in [2.75, 3.05) is 10.2 Å². The summed E-state index contributed by atoms with van der Waals surface area (Å²) in [6, 6.07) is 31.1. The summed E-state index contributed by atoms with van der Waals surface area (Å²) in [7, 11) is 0. The number of nitrogens with two attached hydrogens (primary N) is 1. The Balaban J connectivity index is 1.51.